The van der Waals surface area contributed by atoms with E-state index in [-0.39, 0.29) is 18.9 Å². The van der Waals surface area contributed by atoms with Gasteiger partial charge in [0.1, 0.15) is 6.54 Å². The Morgan fingerprint density at radius 3 is 2.84 bits per heavy atom. The van der Waals surface area contributed by atoms with E-state index in [1.54, 1.807) is 0 Å². The summed E-state index contributed by atoms with van der Waals surface area (Å²) in [5.41, 5.74) is -1.04. The van der Waals surface area contributed by atoms with Gasteiger partial charge in [0.05, 0.1) is 6.54 Å². The van der Waals surface area contributed by atoms with Crippen molar-refractivity contribution in [2.24, 2.45) is 0 Å². The number of alkyl halides is 3. The molecule has 8 nitrogen and oxygen atoms in total. The number of hydrogen-bond acceptors (Lipinski definition) is 5. The van der Waals surface area contributed by atoms with Crippen molar-refractivity contribution in [1.29, 1.82) is 0 Å². The van der Waals surface area contributed by atoms with Crippen molar-refractivity contribution in [3.8, 4) is 0 Å². The topological polar surface area (TPSA) is 101 Å². The van der Waals surface area contributed by atoms with E-state index in [0.29, 0.717) is 0 Å². The van der Waals surface area contributed by atoms with E-state index in [0.717, 1.165) is 16.9 Å². The molecule has 2 rings (SSSR count). The first-order chi connectivity index (χ1) is 8.95. The van der Waals surface area contributed by atoms with E-state index >= 15 is 0 Å². The molecule has 0 atom stereocenters. The largest absolute Gasteiger partial charge is 0.435 e. The number of halogens is 3. The third-order valence-corrected chi connectivity index (χ3v) is 2.07. The maximum atomic E-state index is 12.3. The average Bonchev–Trinajstić information content (AvgIpc) is 2.95. The van der Waals surface area contributed by atoms with Crippen LogP contribution in [0.25, 0.3) is 0 Å². The number of amides is 1. The summed E-state index contributed by atoms with van der Waals surface area (Å²) >= 11 is 0. The van der Waals surface area contributed by atoms with Crippen molar-refractivity contribution in [2.45, 2.75) is 19.3 Å². The van der Waals surface area contributed by atoms with Crippen molar-refractivity contribution in [3.63, 3.8) is 0 Å². The van der Waals surface area contributed by atoms with Gasteiger partial charge in [-0.15, -0.1) is 10.2 Å². The number of tetrazole rings is 1. The molecule has 0 fully saturated rings. The Bertz CT molecular complexity index is 547. The number of aromatic amines is 1. The number of rotatable bonds is 4. The van der Waals surface area contributed by atoms with Gasteiger partial charge < -0.3 is 5.32 Å². The highest BCUT2D eigenvalue weighted by Gasteiger charge is 2.33. The summed E-state index contributed by atoms with van der Waals surface area (Å²) in [6.07, 6.45) is -3.44. The van der Waals surface area contributed by atoms with E-state index < -0.39 is 17.8 Å². The summed E-state index contributed by atoms with van der Waals surface area (Å²) in [5.74, 6) is -0.244. The van der Waals surface area contributed by atoms with Crippen molar-refractivity contribution in [3.05, 3.63) is 23.8 Å². The van der Waals surface area contributed by atoms with Gasteiger partial charge in [-0.1, -0.05) is 5.21 Å². The molecular weight excluding hydrogens is 267 g/mol. The monoisotopic (exact) mass is 275 g/mol. The Balaban J connectivity index is 1.87. The molecule has 0 bridgehead atoms. The maximum absolute atomic E-state index is 12.3. The second-order valence-corrected chi connectivity index (χ2v) is 3.50. The molecule has 0 saturated heterocycles. The van der Waals surface area contributed by atoms with Crippen molar-refractivity contribution in [2.75, 3.05) is 0 Å². The second kappa shape index (κ2) is 5.04. The fourth-order valence-corrected chi connectivity index (χ4v) is 1.24. The van der Waals surface area contributed by atoms with Crippen molar-refractivity contribution < 1.29 is 18.0 Å². The van der Waals surface area contributed by atoms with Gasteiger partial charge in [-0.25, -0.2) is 0 Å². The molecule has 11 heteroatoms. The molecule has 2 aromatic rings. The Labute approximate surface area is 104 Å². The highest BCUT2D eigenvalue weighted by Crippen LogP contribution is 2.27. The Morgan fingerprint density at radius 2 is 2.26 bits per heavy atom. The van der Waals surface area contributed by atoms with E-state index in [1.807, 2.05) is 0 Å². The van der Waals surface area contributed by atoms with E-state index in [2.05, 4.69) is 31.0 Å². The number of carbonyl (C=O) groups excluding carboxylic acids is 1. The summed E-state index contributed by atoms with van der Waals surface area (Å²) in [6, 6.07) is 0.798. The summed E-state index contributed by atoms with van der Waals surface area (Å²) in [6.45, 7) is -0.295. The van der Waals surface area contributed by atoms with E-state index in [1.165, 1.54) is 0 Å². The first-order valence-electron chi connectivity index (χ1n) is 5.05. The van der Waals surface area contributed by atoms with Gasteiger partial charge in [0.2, 0.25) is 5.91 Å². The van der Waals surface area contributed by atoms with Gasteiger partial charge >= 0.3 is 6.18 Å². The molecule has 19 heavy (non-hydrogen) atoms. The lowest BCUT2D eigenvalue weighted by Gasteiger charge is -2.03. The number of nitrogens with zero attached hydrogens (tertiary/aromatic N) is 5. The van der Waals surface area contributed by atoms with Gasteiger partial charge in [-0.3, -0.25) is 9.48 Å². The predicted molar refractivity (Wildman–Crippen MR) is 53.3 cm³/mol. The zero-order valence-electron chi connectivity index (χ0n) is 9.35. The van der Waals surface area contributed by atoms with Crippen LogP contribution in [0.5, 0.6) is 0 Å². The van der Waals surface area contributed by atoms with Crippen molar-refractivity contribution in [1.82, 2.24) is 35.7 Å². The highest BCUT2D eigenvalue weighted by atomic mass is 19.4. The average molecular weight is 275 g/mol. The lowest BCUT2D eigenvalue weighted by molar-refractivity contribution is -0.141. The minimum absolute atomic E-state index is 0.0305. The molecule has 0 saturated carbocycles. The Morgan fingerprint density at radius 1 is 1.47 bits per heavy atom. The van der Waals surface area contributed by atoms with Gasteiger partial charge in [-0.05, 0) is 6.07 Å². The zero-order chi connectivity index (χ0) is 13.9. The summed E-state index contributed by atoms with van der Waals surface area (Å²) in [7, 11) is 0. The molecule has 0 aliphatic rings. The maximum Gasteiger partial charge on any atom is 0.435 e. The molecule has 2 N–H and O–H groups in total. The number of H-pyrrole nitrogens is 1. The molecular formula is C8H8F3N7O. The lowest BCUT2D eigenvalue weighted by atomic mass is 10.4. The Hall–Kier alpha value is -2.46. The Kier molecular flexibility index (Phi) is 3.44. The van der Waals surface area contributed by atoms with Crippen LogP contribution in [-0.4, -0.2) is 36.3 Å². The van der Waals surface area contributed by atoms with E-state index in [4.69, 9.17) is 0 Å². The SMILES string of the molecule is O=C(Cn1ccc(C(F)(F)F)n1)NCc1nn[nH]n1. The van der Waals surface area contributed by atoms with Crippen LogP contribution in [0.1, 0.15) is 11.5 Å². The number of carbonyl (C=O) groups is 1. The first kappa shape index (κ1) is 13.0. The second-order valence-electron chi connectivity index (χ2n) is 3.50. The molecule has 0 unspecified atom stereocenters. The fourth-order valence-electron chi connectivity index (χ4n) is 1.24. The molecule has 0 aliphatic carbocycles. The standard InChI is InChI=1S/C8H8F3N7O/c9-8(10,11)5-1-2-18(15-5)4-7(19)12-3-6-13-16-17-14-6/h1-2H,3-4H2,(H,12,19)(H,13,14,16,17). The molecule has 2 heterocycles. The molecule has 102 valence electrons. The number of hydrogen-bond donors (Lipinski definition) is 2. The molecule has 1 amide bonds. The van der Waals surface area contributed by atoms with Crippen LogP contribution in [0.15, 0.2) is 12.3 Å². The quantitative estimate of drug-likeness (QED) is 0.800. The van der Waals surface area contributed by atoms with Crippen LogP contribution in [0.3, 0.4) is 0 Å². The van der Waals surface area contributed by atoms with Crippen molar-refractivity contribution >= 4 is 5.91 Å². The van der Waals surface area contributed by atoms with Gasteiger partial charge in [0, 0.05) is 6.20 Å². The minimum Gasteiger partial charge on any atom is -0.347 e. The molecule has 0 spiro atoms. The third-order valence-electron chi connectivity index (χ3n) is 2.07. The normalized spacial score (nSPS) is 11.5. The zero-order valence-corrected chi connectivity index (χ0v) is 9.35. The minimum atomic E-state index is -4.52. The van der Waals surface area contributed by atoms with Crippen LogP contribution in [0.2, 0.25) is 0 Å². The lowest BCUT2D eigenvalue weighted by Crippen LogP contribution is -2.28. The smallest absolute Gasteiger partial charge is 0.347 e. The number of nitrogens with one attached hydrogen (secondary N) is 2. The van der Waals surface area contributed by atoms with Crippen LogP contribution in [0.4, 0.5) is 13.2 Å². The van der Waals surface area contributed by atoms with Crippen LogP contribution in [-0.2, 0) is 24.1 Å². The van der Waals surface area contributed by atoms with Crippen LogP contribution >= 0.6 is 0 Å². The third kappa shape index (κ3) is 3.50. The van der Waals surface area contributed by atoms with Gasteiger partial charge in [-0.2, -0.15) is 23.5 Å². The highest BCUT2D eigenvalue weighted by molar-refractivity contribution is 5.75. The molecule has 0 radical (unpaired) electrons. The first-order valence-corrected chi connectivity index (χ1v) is 5.05. The number of aromatic nitrogens is 6. The van der Waals surface area contributed by atoms with Crippen LogP contribution < -0.4 is 5.32 Å². The van der Waals surface area contributed by atoms with Crippen LogP contribution in [0, 0.1) is 0 Å². The predicted octanol–water partition coefficient (Wildman–Crippen LogP) is -0.269. The molecule has 0 aromatic carbocycles. The van der Waals surface area contributed by atoms with Gasteiger partial charge in [0.25, 0.3) is 0 Å². The summed E-state index contributed by atoms with van der Waals surface area (Å²) in [4.78, 5) is 11.4. The van der Waals surface area contributed by atoms with Gasteiger partial charge in [0.15, 0.2) is 11.5 Å². The molecule has 2 aromatic heterocycles. The summed E-state index contributed by atoms with van der Waals surface area (Å²) in [5, 5.41) is 18.3. The van der Waals surface area contributed by atoms with E-state index in [9.17, 15) is 18.0 Å². The molecule has 0 aliphatic heterocycles. The fraction of sp³-hybridized carbons (Fsp3) is 0.375. The summed E-state index contributed by atoms with van der Waals surface area (Å²) < 4.78 is 37.7.